The number of carboxylic acid groups (broad SMARTS) is 1. The van der Waals surface area contributed by atoms with Crippen molar-refractivity contribution in [2.45, 2.75) is 0 Å². The number of carboxylic acids is 1. The molecule has 1 rings (SSSR count). The maximum absolute atomic E-state index is 11.4. The predicted molar refractivity (Wildman–Crippen MR) is 58.1 cm³/mol. The van der Waals surface area contributed by atoms with Gasteiger partial charge in [0.05, 0.1) is 4.92 Å². The molecule has 8 heteroatoms. The summed E-state index contributed by atoms with van der Waals surface area (Å²) in [7, 11) is 0. The summed E-state index contributed by atoms with van der Waals surface area (Å²) in [6, 6.07) is 3.32. The van der Waals surface area contributed by atoms with Crippen molar-refractivity contribution in [2.75, 3.05) is 6.54 Å². The number of nitro groups is 1. The monoisotopic (exact) mass is 258 g/mol. The summed E-state index contributed by atoms with van der Waals surface area (Å²) in [5.74, 6) is -1.95. The van der Waals surface area contributed by atoms with E-state index < -0.39 is 23.3 Å². The lowest BCUT2D eigenvalue weighted by Crippen LogP contribution is -2.29. The van der Waals surface area contributed by atoms with Gasteiger partial charge in [-0.1, -0.05) is 11.6 Å². The number of nitrogens with one attached hydrogen (secondary N) is 1. The van der Waals surface area contributed by atoms with Crippen molar-refractivity contribution in [2.24, 2.45) is 0 Å². The molecule has 7 nitrogen and oxygen atoms in total. The fraction of sp³-hybridized carbons (Fsp3) is 0.111. The van der Waals surface area contributed by atoms with Gasteiger partial charge in [-0.05, 0) is 6.07 Å². The number of nitro benzene ring substituents is 1. The van der Waals surface area contributed by atoms with Crippen LogP contribution in [0.2, 0.25) is 5.02 Å². The molecule has 0 radical (unpaired) electrons. The number of carbonyl (C=O) groups is 2. The van der Waals surface area contributed by atoms with Gasteiger partial charge in [0.2, 0.25) is 0 Å². The minimum atomic E-state index is -1.21. The Bertz CT molecular complexity index is 488. The van der Waals surface area contributed by atoms with Crippen LogP contribution in [0.4, 0.5) is 5.69 Å². The number of hydrogen-bond donors (Lipinski definition) is 2. The molecule has 1 amide bonds. The zero-order valence-corrected chi connectivity index (χ0v) is 9.10. The van der Waals surface area contributed by atoms with Gasteiger partial charge in [-0.2, -0.15) is 0 Å². The van der Waals surface area contributed by atoms with Crippen molar-refractivity contribution < 1.29 is 19.6 Å². The van der Waals surface area contributed by atoms with Crippen LogP contribution < -0.4 is 5.32 Å². The number of rotatable bonds is 4. The maximum Gasteiger partial charge on any atom is 0.322 e. The van der Waals surface area contributed by atoms with Gasteiger partial charge in [0.1, 0.15) is 6.54 Å². The Kier molecular flexibility index (Phi) is 4.00. The van der Waals surface area contributed by atoms with Crippen molar-refractivity contribution in [1.29, 1.82) is 0 Å². The van der Waals surface area contributed by atoms with Crippen molar-refractivity contribution in [1.82, 2.24) is 5.32 Å². The summed E-state index contributed by atoms with van der Waals surface area (Å²) in [6.07, 6.45) is 0. The van der Waals surface area contributed by atoms with Crippen LogP contribution in [0, 0.1) is 10.1 Å². The zero-order chi connectivity index (χ0) is 13.0. The average molecular weight is 259 g/mol. The van der Waals surface area contributed by atoms with Crippen LogP contribution in [0.15, 0.2) is 18.2 Å². The van der Waals surface area contributed by atoms with Crippen LogP contribution in [0.3, 0.4) is 0 Å². The number of nitrogens with zero attached hydrogens (tertiary/aromatic N) is 1. The van der Waals surface area contributed by atoms with E-state index in [1.807, 2.05) is 0 Å². The summed E-state index contributed by atoms with van der Waals surface area (Å²) in [5, 5.41) is 21.0. The molecule has 0 fully saturated rings. The van der Waals surface area contributed by atoms with Crippen molar-refractivity contribution in [3.63, 3.8) is 0 Å². The predicted octanol–water partition coefficient (Wildman–Crippen LogP) is 1.06. The third-order valence-corrected chi connectivity index (χ3v) is 1.97. The van der Waals surface area contributed by atoms with Gasteiger partial charge < -0.3 is 10.4 Å². The molecule has 1 aromatic carbocycles. The Morgan fingerprint density at radius 3 is 2.59 bits per heavy atom. The number of hydrogen-bond acceptors (Lipinski definition) is 4. The lowest BCUT2D eigenvalue weighted by atomic mass is 10.2. The topological polar surface area (TPSA) is 110 Å². The van der Waals surface area contributed by atoms with Gasteiger partial charge in [0.15, 0.2) is 0 Å². The highest BCUT2D eigenvalue weighted by Gasteiger charge is 2.14. The molecule has 0 heterocycles. The van der Waals surface area contributed by atoms with E-state index in [0.29, 0.717) is 0 Å². The zero-order valence-electron chi connectivity index (χ0n) is 8.34. The lowest BCUT2D eigenvalue weighted by molar-refractivity contribution is -0.384. The van der Waals surface area contributed by atoms with Crippen LogP contribution in [0.5, 0.6) is 0 Å². The van der Waals surface area contributed by atoms with E-state index >= 15 is 0 Å². The number of carbonyl (C=O) groups excluding carboxylic acids is 1. The molecular formula is C9H7ClN2O5. The fourth-order valence-electron chi connectivity index (χ4n) is 1.07. The van der Waals surface area contributed by atoms with E-state index in [2.05, 4.69) is 5.32 Å². The third kappa shape index (κ3) is 3.72. The summed E-state index contributed by atoms with van der Waals surface area (Å²) < 4.78 is 0. The Morgan fingerprint density at radius 2 is 2.06 bits per heavy atom. The largest absolute Gasteiger partial charge is 0.480 e. The molecule has 17 heavy (non-hydrogen) atoms. The molecule has 0 aromatic heterocycles. The number of aliphatic carboxylic acids is 1. The smallest absolute Gasteiger partial charge is 0.322 e. The molecule has 0 spiro atoms. The number of non-ortho nitro benzene ring substituents is 1. The van der Waals surface area contributed by atoms with Crippen molar-refractivity contribution in [3.8, 4) is 0 Å². The second kappa shape index (κ2) is 5.26. The molecule has 0 aliphatic heterocycles. The first-order valence-electron chi connectivity index (χ1n) is 4.35. The average Bonchev–Trinajstić information content (AvgIpc) is 2.24. The molecule has 0 saturated carbocycles. The van der Waals surface area contributed by atoms with Crippen LogP contribution in [-0.2, 0) is 4.79 Å². The van der Waals surface area contributed by atoms with Crippen LogP contribution in [0.1, 0.15) is 10.4 Å². The molecule has 1 aromatic rings. The van der Waals surface area contributed by atoms with E-state index in [0.717, 1.165) is 12.1 Å². The van der Waals surface area contributed by atoms with Gasteiger partial charge in [-0.3, -0.25) is 19.7 Å². The molecule has 0 unspecified atom stereocenters. The van der Waals surface area contributed by atoms with E-state index in [1.54, 1.807) is 0 Å². The second-order valence-corrected chi connectivity index (χ2v) is 3.47. The number of amides is 1. The summed E-state index contributed by atoms with van der Waals surface area (Å²) in [5.41, 5.74) is -0.400. The summed E-state index contributed by atoms with van der Waals surface area (Å²) in [6.45, 7) is -0.570. The Morgan fingerprint density at radius 1 is 1.41 bits per heavy atom. The van der Waals surface area contributed by atoms with Gasteiger partial charge in [-0.15, -0.1) is 0 Å². The first-order valence-corrected chi connectivity index (χ1v) is 4.73. The standard InChI is InChI=1S/C9H7ClN2O5/c10-6-1-5(2-7(3-6)12(16)17)9(15)11-4-8(13)14/h1-3H,4H2,(H,11,15)(H,13,14). The van der Waals surface area contributed by atoms with Crippen LogP contribution >= 0.6 is 11.6 Å². The van der Waals surface area contributed by atoms with Crippen LogP contribution in [-0.4, -0.2) is 28.5 Å². The second-order valence-electron chi connectivity index (χ2n) is 3.03. The maximum atomic E-state index is 11.4. The normalized spacial score (nSPS) is 9.71. The minimum absolute atomic E-state index is 0.0275. The first-order chi connectivity index (χ1) is 7.90. The number of halogens is 1. The molecule has 0 aliphatic carbocycles. The SMILES string of the molecule is O=C(O)CNC(=O)c1cc(Cl)cc([N+](=O)[O-])c1. The molecule has 0 atom stereocenters. The Hall–Kier alpha value is -2.15. The van der Waals surface area contributed by atoms with E-state index in [-0.39, 0.29) is 16.3 Å². The van der Waals surface area contributed by atoms with Gasteiger partial charge in [0, 0.05) is 22.7 Å². The fourth-order valence-corrected chi connectivity index (χ4v) is 1.30. The highest BCUT2D eigenvalue weighted by Crippen LogP contribution is 2.20. The van der Waals surface area contributed by atoms with E-state index in [1.165, 1.54) is 6.07 Å². The quantitative estimate of drug-likeness (QED) is 0.620. The van der Waals surface area contributed by atoms with E-state index in [9.17, 15) is 19.7 Å². The van der Waals surface area contributed by atoms with Crippen LogP contribution in [0.25, 0.3) is 0 Å². The highest BCUT2D eigenvalue weighted by molar-refractivity contribution is 6.31. The molecule has 2 N–H and O–H groups in total. The molecule has 0 bridgehead atoms. The minimum Gasteiger partial charge on any atom is -0.480 e. The Labute approximate surface area is 100 Å². The Balaban J connectivity index is 2.93. The highest BCUT2D eigenvalue weighted by atomic mass is 35.5. The number of benzene rings is 1. The summed E-state index contributed by atoms with van der Waals surface area (Å²) >= 11 is 5.60. The lowest BCUT2D eigenvalue weighted by Gasteiger charge is -2.02. The molecule has 0 aliphatic rings. The molecule has 90 valence electrons. The van der Waals surface area contributed by atoms with Gasteiger partial charge in [0.25, 0.3) is 11.6 Å². The summed E-state index contributed by atoms with van der Waals surface area (Å²) in [4.78, 5) is 31.5. The van der Waals surface area contributed by atoms with Gasteiger partial charge in [-0.25, -0.2) is 0 Å². The van der Waals surface area contributed by atoms with Crippen molar-refractivity contribution in [3.05, 3.63) is 38.9 Å². The van der Waals surface area contributed by atoms with E-state index in [4.69, 9.17) is 16.7 Å². The first kappa shape index (κ1) is 12.9. The molecular weight excluding hydrogens is 252 g/mol. The van der Waals surface area contributed by atoms with Gasteiger partial charge >= 0.3 is 5.97 Å². The molecule has 0 saturated heterocycles. The third-order valence-electron chi connectivity index (χ3n) is 1.76. The van der Waals surface area contributed by atoms with Crippen molar-refractivity contribution >= 4 is 29.2 Å².